The van der Waals surface area contributed by atoms with Crippen LogP contribution in [0.25, 0.3) is 0 Å². The van der Waals surface area contributed by atoms with Crippen molar-refractivity contribution >= 4 is 6.09 Å². The molecule has 1 aliphatic rings. The van der Waals surface area contributed by atoms with Gasteiger partial charge in [0.15, 0.2) is 11.6 Å². The van der Waals surface area contributed by atoms with Gasteiger partial charge in [0, 0.05) is 19.6 Å². The molecule has 2 rings (SSSR count). The first kappa shape index (κ1) is 15.7. The summed E-state index contributed by atoms with van der Waals surface area (Å²) < 4.78 is 31.8. The normalized spacial score (nSPS) is 19.5. The largest absolute Gasteiger partial charge is 0.444 e. The minimum absolute atomic E-state index is 0.372. The number of benzene rings is 1. The number of hydrogen-bond donors (Lipinski definition) is 1. The van der Waals surface area contributed by atoms with Crippen LogP contribution in [0.2, 0.25) is 0 Å². The Morgan fingerprint density at radius 1 is 1.33 bits per heavy atom. The van der Waals surface area contributed by atoms with Gasteiger partial charge in [-0.3, -0.25) is 4.90 Å². The third kappa shape index (κ3) is 3.91. The highest BCUT2D eigenvalue weighted by Crippen LogP contribution is 2.25. The van der Waals surface area contributed by atoms with Crippen molar-refractivity contribution in [3.63, 3.8) is 0 Å². The number of halogens is 2. The lowest BCUT2D eigenvalue weighted by Crippen LogP contribution is -2.50. The van der Waals surface area contributed by atoms with Gasteiger partial charge in [0.25, 0.3) is 0 Å². The number of nitrogens with one attached hydrogen (secondary N) is 1. The summed E-state index contributed by atoms with van der Waals surface area (Å²) in [6.45, 7) is 6.95. The van der Waals surface area contributed by atoms with Crippen LogP contribution in [-0.2, 0) is 4.74 Å². The van der Waals surface area contributed by atoms with E-state index in [2.05, 4.69) is 5.32 Å². The average molecular weight is 298 g/mol. The molecule has 21 heavy (non-hydrogen) atoms. The van der Waals surface area contributed by atoms with Gasteiger partial charge in [-0.2, -0.15) is 0 Å². The van der Waals surface area contributed by atoms with Crippen LogP contribution in [0.5, 0.6) is 0 Å². The molecule has 1 fully saturated rings. The zero-order valence-corrected chi connectivity index (χ0v) is 12.5. The quantitative estimate of drug-likeness (QED) is 0.867. The highest BCUT2D eigenvalue weighted by atomic mass is 19.2. The molecule has 1 heterocycles. The molecule has 0 aromatic heterocycles. The Labute approximate surface area is 123 Å². The number of ether oxygens (including phenoxy) is 1. The van der Waals surface area contributed by atoms with E-state index in [9.17, 15) is 13.6 Å². The van der Waals surface area contributed by atoms with Gasteiger partial charge in [-0.1, -0.05) is 6.07 Å². The molecule has 0 radical (unpaired) electrons. The number of rotatable bonds is 1. The second-order valence-electron chi connectivity index (χ2n) is 6.07. The zero-order chi connectivity index (χ0) is 15.6. The molecular weight excluding hydrogens is 278 g/mol. The van der Waals surface area contributed by atoms with Crippen LogP contribution in [-0.4, -0.2) is 36.2 Å². The van der Waals surface area contributed by atoms with Crippen LogP contribution in [0.1, 0.15) is 32.4 Å². The van der Waals surface area contributed by atoms with Crippen molar-refractivity contribution in [1.29, 1.82) is 0 Å². The maximum atomic E-state index is 13.4. The molecule has 116 valence electrons. The summed E-state index contributed by atoms with van der Waals surface area (Å²) in [4.78, 5) is 13.8. The fourth-order valence-electron chi connectivity index (χ4n) is 2.26. The number of carbonyl (C=O) groups excluding carboxylic acids is 1. The second kappa shape index (κ2) is 5.97. The third-order valence-corrected chi connectivity index (χ3v) is 3.20. The van der Waals surface area contributed by atoms with Gasteiger partial charge in [0.2, 0.25) is 0 Å². The smallest absolute Gasteiger partial charge is 0.410 e. The van der Waals surface area contributed by atoms with Crippen molar-refractivity contribution < 1.29 is 18.3 Å². The molecule has 6 heteroatoms. The summed E-state index contributed by atoms with van der Waals surface area (Å²) in [5, 5.41) is 3.15. The van der Waals surface area contributed by atoms with E-state index in [1.165, 1.54) is 6.07 Å². The van der Waals surface area contributed by atoms with Crippen molar-refractivity contribution in [1.82, 2.24) is 10.2 Å². The summed E-state index contributed by atoms with van der Waals surface area (Å²) in [5.41, 5.74) is -0.0486. The molecule has 1 unspecified atom stereocenters. The predicted molar refractivity (Wildman–Crippen MR) is 74.9 cm³/mol. The Kier molecular flexibility index (Phi) is 4.46. The molecule has 1 aromatic rings. The Balaban J connectivity index is 2.22. The summed E-state index contributed by atoms with van der Waals surface area (Å²) in [5.74, 6) is -1.81. The van der Waals surface area contributed by atoms with E-state index in [0.717, 1.165) is 12.1 Å². The molecule has 0 saturated carbocycles. The van der Waals surface area contributed by atoms with Gasteiger partial charge in [-0.05, 0) is 38.5 Å². The standard InChI is InChI=1S/C15H20F2N2O2/c1-15(2,3)21-14(20)19-7-6-18-9-13(19)10-4-5-11(16)12(17)8-10/h4-5,8,13,18H,6-7,9H2,1-3H3. The second-order valence-corrected chi connectivity index (χ2v) is 6.07. The van der Waals surface area contributed by atoms with Gasteiger partial charge in [0.1, 0.15) is 5.60 Å². The maximum Gasteiger partial charge on any atom is 0.410 e. The summed E-state index contributed by atoms with van der Waals surface area (Å²) in [6, 6.07) is 3.33. The summed E-state index contributed by atoms with van der Waals surface area (Å²) >= 11 is 0. The Morgan fingerprint density at radius 3 is 2.67 bits per heavy atom. The zero-order valence-electron chi connectivity index (χ0n) is 12.5. The van der Waals surface area contributed by atoms with E-state index in [0.29, 0.717) is 25.2 Å². The highest BCUT2D eigenvalue weighted by Gasteiger charge is 2.31. The average Bonchev–Trinajstić information content (AvgIpc) is 2.40. The third-order valence-electron chi connectivity index (χ3n) is 3.20. The molecule has 0 aliphatic carbocycles. The first-order valence-electron chi connectivity index (χ1n) is 6.93. The minimum Gasteiger partial charge on any atom is -0.444 e. The lowest BCUT2D eigenvalue weighted by atomic mass is 10.0. The maximum absolute atomic E-state index is 13.4. The van der Waals surface area contributed by atoms with Crippen molar-refractivity contribution in [2.24, 2.45) is 0 Å². The van der Waals surface area contributed by atoms with Gasteiger partial charge >= 0.3 is 6.09 Å². The summed E-state index contributed by atoms with van der Waals surface area (Å²) in [6.07, 6.45) is -0.446. The van der Waals surface area contributed by atoms with Gasteiger partial charge in [0.05, 0.1) is 6.04 Å². The van der Waals surface area contributed by atoms with Crippen molar-refractivity contribution in [3.8, 4) is 0 Å². The fourth-order valence-corrected chi connectivity index (χ4v) is 2.26. The van der Waals surface area contributed by atoms with E-state index in [1.807, 2.05) is 0 Å². The first-order valence-corrected chi connectivity index (χ1v) is 6.93. The highest BCUT2D eigenvalue weighted by molar-refractivity contribution is 5.69. The van der Waals surface area contributed by atoms with Gasteiger partial charge in [-0.25, -0.2) is 13.6 Å². The topological polar surface area (TPSA) is 41.6 Å². The monoisotopic (exact) mass is 298 g/mol. The molecule has 1 N–H and O–H groups in total. The Bertz CT molecular complexity index is 529. The first-order chi connectivity index (χ1) is 9.78. The van der Waals surface area contributed by atoms with Crippen LogP contribution in [0.3, 0.4) is 0 Å². The summed E-state index contributed by atoms with van der Waals surface area (Å²) in [7, 11) is 0. The Hall–Kier alpha value is -1.69. The van der Waals surface area contributed by atoms with Gasteiger partial charge in [-0.15, -0.1) is 0 Å². The predicted octanol–water partition coefficient (Wildman–Crippen LogP) is 2.85. The van der Waals surface area contributed by atoms with Gasteiger partial charge < -0.3 is 10.1 Å². The molecule has 1 aliphatic heterocycles. The number of hydrogen-bond acceptors (Lipinski definition) is 3. The SMILES string of the molecule is CC(C)(C)OC(=O)N1CCNCC1c1ccc(F)c(F)c1. The van der Waals surface area contributed by atoms with E-state index in [4.69, 9.17) is 4.74 Å². The molecule has 0 bridgehead atoms. The number of piperazine rings is 1. The number of amides is 1. The van der Waals surface area contributed by atoms with Crippen molar-refractivity contribution in [2.75, 3.05) is 19.6 Å². The lowest BCUT2D eigenvalue weighted by Gasteiger charge is -2.37. The van der Waals surface area contributed by atoms with Crippen molar-refractivity contribution in [3.05, 3.63) is 35.4 Å². The van der Waals surface area contributed by atoms with Crippen molar-refractivity contribution in [2.45, 2.75) is 32.4 Å². The minimum atomic E-state index is -0.915. The molecule has 4 nitrogen and oxygen atoms in total. The molecule has 1 saturated heterocycles. The van der Waals surface area contributed by atoms with E-state index < -0.39 is 23.3 Å². The molecule has 1 amide bonds. The van der Waals surface area contributed by atoms with Crippen LogP contribution >= 0.6 is 0 Å². The number of nitrogens with zero attached hydrogens (tertiary/aromatic N) is 1. The lowest BCUT2D eigenvalue weighted by molar-refractivity contribution is 0.0117. The van der Waals surface area contributed by atoms with Crippen LogP contribution in [0.4, 0.5) is 13.6 Å². The van der Waals surface area contributed by atoms with E-state index >= 15 is 0 Å². The molecule has 0 spiro atoms. The molecular formula is C15H20F2N2O2. The van der Waals surface area contributed by atoms with Crippen LogP contribution in [0, 0.1) is 11.6 Å². The Morgan fingerprint density at radius 2 is 2.05 bits per heavy atom. The fraction of sp³-hybridized carbons (Fsp3) is 0.533. The number of carbonyl (C=O) groups is 1. The molecule has 1 aromatic carbocycles. The van der Waals surface area contributed by atoms with Crippen LogP contribution in [0.15, 0.2) is 18.2 Å². The van der Waals surface area contributed by atoms with E-state index in [-0.39, 0.29) is 6.04 Å². The van der Waals surface area contributed by atoms with Crippen LogP contribution < -0.4 is 5.32 Å². The molecule has 1 atom stereocenters. The van der Waals surface area contributed by atoms with E-state index in [1.54, 1.807) is 25.7 Å².